The van der Waals surface area contributed by atoms with Crippen molar-refractivity contribution in [3.05, 3.63) is 77.9 Å². The molecule has 6 nitrogen and oxygen atoms in total. The summed E-state index contributed by atoms with van der Waals surface area (Å²) < 4.78 is 25.5. The van der Waals surface area contributed by atoms with Gasteiger partial charge >= 0.3 is 5.97 Å². The number of aromatic carboxylic acids is 1. The Balaban J connectivity index is 1.75. The van der Waals surface area contributed by atoms with Crippen molar-refractivity contribution in [2.24, 2.45) is 0 Å². The second kappa shape index (κ2) is 9.68. The van der Waals surface area contributed by atoms with Crippen molar-refractivity contribution in [3.8, 4) is 11.5 Å². The van der Waals surface area contributed by atoms with Gasteiger partial charge in [-0.05, 0) is 67.6 Å². The molecule has 0 saturated heterocycles. The molecule has 1 saturated carbocycles. The fraction of sp³-hybridized carbons (Fsp3) is 0.280. The Morgan fingerprint density at radius 3 is 2.59 bits per heavy atom. The van der Waals surface area contributed by atoms with Gasteiger partial charge in [0, 0.05) is 30.2 Å². The van der Waals surface area contributed by atoms with Gasteiger partial charge in [-0.3, -0.25) is 4.98 Å². The van der Waals surface area contributed by atoms with E-state index in [-0.39, 0.29) is 11.7 Å². The van der Waals surface area contributed by atoms with Crippen LogP contribution in [0.4, 0.5) is 15.8 Å². The van der Waals surface area contributed by atoms with Crippen LogP contribution in [-0.4, -0.2) is 29.3 Å². The monoisotopic (exact) mass is 436 g/mol. The highest BCUT2D eigenvalue weighted by molar-refractivity contribution is 5.89. The van der Waals surface area contributed by atoms with Crippen LogP contribution in [0.25, 0.3) is 0 Å². The van der Waals surface area contributed by atoms with Gasteiger partial charge in [-0.1, -0.05) is 6.07 Å². The minimum Gasteiger partial charge on any atom is -0.493 e. The molecule has 2 aromatic carbocycles. The van der Waals surface area contributed by atoms with Gasteiger partial charge in [0.05, 0.1) is 25.0 Å². The van der Waals surface area contributed by atoms with E-state index < -0.39 is 11.8 Å². The number of halogens is 1. The lowest BCUT2D eigenvalue weighted by Gasteiger charge is -2.27. The Kier molecular flexibility index (Phi) is 6.54. The van der Waals surface area contributed by atoms with E-state index in [9.17, 15) is 14.3 Å². The van der Waals surface area contributed by atoms with E-state index in [1.165, 1.54) is 12.1 Å². The molecule has 3 aromatic rings. The van der Waals surface area contributed by atoms with Crippen molar-refractivity contribution in [3.63, 3.8) is 0 Å². The highest BCUT2D eigenvalue weighted by Crippen LogP contribution is 2.38. The van der Waals surface area contributed by atoms with Crippen LogP contribution in [0, 0.1) is 5.82 Å². The van der Waals surface area contributed by atoms with Gasteiger partial charge in [0.25, 0.3) is 0 Å². The van der Waals surface area contributed by atoms with Crippen LogP contribution >= 0.6 is 0 Å². The molecule has 1 aliphatic carbocycles. The third kappa shape index (κ3) is 4.99. The van der Waals surface area contributed by atoms with Crippen LogP contribution in [0.2, 0.25) is 0 Å². The van der Waals surface area contributed by atoms with Crippen LogP contribution in [0.1, 0.15) is 41.6 Å². The average Bonchev–Trinajstić information content (AvgIpc) is 3.31. The predicted octanol–water partition coefficient (Wildman–Crippen LogP) is 5.59. The third-order valence-corrected chi connectivity index (χ3v) is 5.56. The van der Waals surface area contributed by atoms with Crippen LogP contribution < -0.4 is 14.4 Å². The largest absolute Gasteiger partial charge is 0.493 e. The maximum atomic E-state index is 13.8. The highest BCUT2D eigenvalue weighted by Gasteiger charge is 2.20. The molecule has 166 valence electrons. The van der Waals surface area contributed by atoms with Gasteiger partial charge in [0.2, 0.25) is 0 Å². The Labute approximate surface area is 186 Å². The zero-order valence-corrected chi connectivity index (χ0v) is 17.8. The summed E-state index contributed by atoms with van der Waals surface area (Å²) in [6.45, 7) is 0.295. The molecule has 0 amide bonds. The van der Waals surface area contributed by atoms with E-state index in [1.54, 1.807) is 25.4 Å². The zero-order valence-electron chi connectivity index (χ0n) is 17.8. The van der Waals surface area contributed by atoms with Gasteiger partial charge in [-0.2, -0.15) is 0 Å². The molecule has 1 aliphatic rings. The van der Waals surface area contributed by atoms with E-state index >= 15 is 0 Å². The number of hydrogen-bond acceptors (Lipinski definition) is 5. The number of benzene rings is 2. The number of carboxylic acid groups (broad SMARTS) is 1. The topological polar surface area (TPSA) is 71.9 Å². The summed E-state index contributed by atoms with van der Waals surface area (Å²) >= 11 is 0. The molecule has 4 rings (SSSR count). The second-order valence-electron chi connectivity index (χ2n) is 7.81. The molecular weight excluding hydrogens is 411 g/mol. The number of carboxylic acids is 1. The first kappa shape index (κ1) is 21.6. The maximum absolute atomic E-state index is 13.8. The number of nitrogens with zero attached hydrogens (tertiary/aromatic N) is 2. The number of pyridine rings is 1. The van der Waals surface area contributed by atoms with E-state index in [2.05, 4.69) is 4.98 Å². The molecule has 0 radical (unpaired) electrons. The molecule has 1 aromatic heterocycles. The lowest BCUT2D eigenvalue weighted by molar-refractivity contribution is 0.0697. The van der Waals surface area contributed by atoms with E-state index in [4.69, 9.17) is 9.47 Å². The van der Waals surface area contributed by atoms with E-state index in [0.717, 1.165) is 37.6 Å². The second-order valence-corrected chi connectivity index (χ2v) is 7.81. The zero-order chi connectivity index (χ0) is 22.5. The van der Waals surface area contributed by atoms with Crippen LogP contribution in [0.5, 0.6) is 11.5 Å². The molecule has 0 atom stereocenters. The Morgan fingerprint density at radius 2 is 1.88 bits per heavy atom. The molecular formula is C25H25FN2O4. The van der Waals surface area contributed by atoms with Gasteiger partial charge in [-0.15, -0.1) is 0 Å². The van der Waals surface area contributed by atoms with Crippen LogP contribution in [-0.2, 0) is 6.54 Å². The first-order chi connectivity index (χ1) is 15.5. The van der Waals surface area contributed by atoms with Crippen molar-refractivity contribution < 1.29 is 23.8 Å². The lowest BCUT2D eigenvalue weighted by atomic mass is 10.1. The summed E-state index contributed by atoms with van der Waals surface area (Å²) in [7, 11) is 1.60. The third-order valence-electron chi connectivity index (χ3n) is 5.56. The Morgan fingerprint density at radius 1 is 1.09 bits per heavy atom. The number of hydrogen-bond donors (Lipinski definition) is 1. The number of carbonyl (C=O) groups is 1. The summed E-state index contributed by atoms with van der Waals surface area (Å²) in [5.74, 6) is -0.179. The molecule has 0 spiro atoms. The van der Waals surface area contributed by atoms with Crippen molar-refractivity contribution in [2.45, 2.75) is 38.3 Å². The summed E-state index contributed by atoms with van der Waals surface area (Å²) in [4.78, 5) is 17.4. The lowest BCUT2D eigenvalue weighted by Crippen LogP contribution is -2.18. The molecule has 0 aliphatic heterocycles. The first-order valence-corrected chi connectivity index (χ1v) is 10.6. The summed E-state index contributed by atoms with van der Waals surface area (Å²) in [5.41, 5.74) is 2.25. The Bertz CT molecular complexity index is 1100. The molecule has 7 heteroatoms. The van der Waals surface area contributed by atoms with Crippen molar-refractivity contribution in [1.29, 1.82) is 0 Å². The first-order valence-electron chi connectivity index (χ1n) is 10.6. The molecule has 1 fully saturated rings. The standard InChI is InChI=1S/C25H25FN2O4/c1-31-23-10-9-21(13-24(23)32-22-7-2-3-8-22)28(16-17-11-19(26)15-27-14-17)20-6-4-5-18(12-20)25(29)30/h4-6,9-15,22H,2-3,7-8,16H2,1H3,(H,29,30). The smallest absolute Gasteiger partial charge is 0.335 e. The quantitative estimate of drug-likeness (QED) is 0.497. The van der Waals surface area contributed by atoms with Crippen molar-refractivity contribution in [1.82, 2.24) is 4.98 Å². The van der Waals surface area contributed by atoms with Gasteiger partial charge in [0.15, 0.2) is 11.5 Å². The SMILES string of the molecule is COc1ccc(N(Cc2cncc(F)c2)c2cccc(C(=O)O)c2)cc1OC1CCCC1. The van der Waals surface area contributed by atoms with Crippen molar-refractivity contribution in [2.75, 3.05) is 12.0 Å². The minimum absolute atomic E-state index is 0.148. The summed E-state index contributed by atoms with van der Waals surface area (Å²) in [6, 6.07) is 13.7. The van der Waals surface area contributed by atoms with Gasteiger partial charge in [0.1, 0.15) is 5.82 Å². The molecule has 1 heterocycles. The van der Waals surface area contributed by atoms with E-state index in [0.29, 0.717) is 29.3 Å². The number of ether oxygens (including phenoxy) is 2. The Hall–Kier alpha value is -3.61. The van der Waals surface area contributed by atoms with Gasteiger partial charge in [-0.25, -0.2) is 9.18 Å². The van der Waals surface area contributed by atoms with Crippen molar-refractivity contribution >= 4 is 17.3 Å². The normalized spacial score (nSPS) is 13.7. The average molecular weight is 436 g/mol. The molecule has 0 unspecified atom stereocenters. The fourth-order valence-corrected chi connectivity index (χ4v) is 3.97. The summed E-state index contributed by atoms with van der Waals surface area (Å²) in [6.07, 6.45) is 7.20. The van der Waals surface area contributed by atoms with Gasteiger partial charge < -0.3 is 19.5 Å². The molecule has 32 heavy (non-hydrogen) atoms. The molecule has 1 N–H and O–H groups in total. The summed E-state index contributed by atoms with van der Waals surface area (Å²) in [5, 5.41) is 9.44. The minimum atomic E-state index is -1.01. The molecule has 0 bridgehead atoms. The van der Waals surface area contributed by atoms with Crippen LogP contribution in [0.15, 0.2) is 60.9 Å². The number of aromatic nitrogens is 1. The maximum Gasteiger partial charge on any atom is 0.335 e. The number of methoxy groups -OCH3 is 1. The number of rotatable bonds is 8. The fourth-order valence-electron chi connectivity index (χ4n) is 3.97. The predicted molar refractivity (Wildman–Crippen MR) is 119 cm³/mol. The number of anilines is 2. The van der Waals surface area contributed by atoms with E-state index in [1.807, 2.05) is 29.2 Å². The van der Waals surface area contributed by atoms with Crippen LogP contribution in [0.3, 0.4) is 0 Å². The highest BCUT2D eigenvalue weighted by atomic mass is 19.1.